The molecule has 0 aliphatic heterocycles. The Morgan fingerprint density at radius 3 is 1.63 bits per heavy atom. The second kappa shape index (κ2) is 7.78. The van der Waals surface area contributed by atoms with Gasteiger partial charge in [-0.05, 0) is 61.4 Å². The minimum absolute atomic E-state index is 1.15. The van der Waals surface area contributed by atoms with E-state index in [2.05, 4.69) is 77.1 Å². The molecule has 0 aromatic heterocycles. The van der Waals surface area contributed by atoms with Crippen molar-refractivity contribution in [2.24, 2.45) is 0 Å². The lowest BCUT2D eigenvalue weighted by Gasteiger charge is -2.04. The zero-order valence-electron chi connectivity index (χ0n) is 13.0. The molecule has 0 N–H and O–H groups in total. The van der Waals surface area contributed by atoms with Gasteiger partial charge in [0.15, 0.2) is 0 Å². The van der Waals surface area contributed by atoms with Crippen molar-refractivity contribution < 1.29 is 0 Å². The van der Waals surface area contributed by atoms with Crippen LogP contribution < -0.4 is 0 Å². The number of aryl methyl sites for hydroxylation is 4. The Balaban J connectivity index is 0.000000191. The van der Waals surface area contributed by atoms with E-state index >= 15 is 0 Å². The van der Waals surface area contributed by atoms with Gasteiger partial charge in [-0.25, -0.2) is 0 Å². The molecular formula is C19H26. The van der Waals surface area contributed by atoms with Crippen LogP contribution in [-0.2, 0) is 12.8 Å². The van der Waals surface area contributed by atoms with Crippen molar-refractivity contribution >= 4 is 0 Å². The van der Waals surface area contributed by atoms with E-state index in [1.54, 1.807) is 0 Å². The van der Waals surface area contributed by atoms with Crippen LogP contribution in [0, 0.1) is 20.8 Å². The van der Waals surface area contributed by atoms with E-state index in [4.69, 9.17) is 0 Å². The fraction of sp³-hybridized carbons (Fsp3) is 0.368. The van der Waals surface area contributed by atoms with Crippen molar-refractivity contribution in [2.75, 3.05) is 0 Å². The van der Waals surface area contributed by atoms with Gasteiger partial charge in [-0.15, -0.1) is 0 Å². The Kier molecular flexibility index (Phi) is 6.35. The molecule has 0 nitrogen and oxygen atoms in total. The molecule has 0 fully saturated rings. The van der Waals surface area contributed by atoms with E-state index in [-0.39, 0.29) is 0 Å². The van der Waals surface area contributed by atoms with Gasteiger partial charge in [-0.3, -0.25) is 0 Å². The van der Waals surface area contributed by atoms with Gasteiger partial charge in [0.05, 0.1) is 0 Å². The third-order valence-electron chi connectivity index (χ3n) is 3.74. The molecule has 0 saturated heterocycles. The van der Waals surface area contributed by atoms with Crippen LogP contribution in [0.4, 0.5) is 0 Å². The zero-order chi connectivity index (χ0) is 14.3. The van der Waals surface area contributed by atoms with Gasteiger partial charge in [0.2, 0.25) is 0 Å². The molecule has 0 radical (unpaired) electrons. The molecule has 0 atom stereocenters. The van der Waals surface area contributed by atoms with Crippen molar-refractivity contribution in [3.05, 3.63) is 70.3 Å². The SMILES string of the molecule is CCc1cccc(C)c1C.CCc1ccccc1C. The highest BCUT2D eigenvalue weighted by molar-refractivity contribution is 5.32. The summed E-state index contributed by atoms with van der Waals surface area (Å²) in [5.74, 6) is 0. The number of rotatable bonds is 2. The molecule has 0 bridgehead atoms. The summed E-state index contributed by atoms with van der Waals surface area (Å²) in [4.78, 5) is 0. The van der Waals surface area contributed by atoms with E-state index in [1.807, 2.05) is 0 Å². The molecule has 0 unspecified atom stereocenters. The van der Waals surface area contributed by atoms with E-state index in [0.717, 1.165) is 12.8 Å². The van der Waals surface area contributed by atoms with Crippen LogP contribution in [0.15, 0.2) is 42.5 Å². The van der Waals surface area contributed by atoms with Gasteiger partial charge in [0, 0.05) is 0 Å². The monoisotopic (exact) mass is 254 g/mol. The van der Waals surface area contributed by atoms with Crippen LogP contribution in [0.2, 0.25) is 0 Å². The second-order valence-corrected chi connectivity index (χ2v) is 4.99. The van der Waals surface area contributed by atoms with Crippen molar-refractivity contribution in [3.8, 4) is 0 Å². The predicted octanol–water partition coefficient (Wildman–Crippen LogP) is 5.42. The molecule has 102 valence electrons. The summed E-state index contributed by atoms with van der Waals surface area (Å²) in [7, 11) is 0. The third kappa shape index (κ3) is 4.55. The highest BCUT2D eigenvalue weighted by atomic mass is 14.0. The second-order valence-electron chi connectivity index (χ2n) is 4.99. The minimum Gasteiger partial charge on any atom is -0.0620 e. The summed E-state index contributed by atoms with van der Waals surface area (Å²) in [6.07, 6.45) is 2.29. The molecule has 0 heterocycles. The smallest absolute Gasteiger partial charge is 0.0305 e. The molecule has 2 aromatic carbocycles. The lowest BCUT2D eigenvalue weighted by atomic mass is 10.0. The van der Waals surface area contributed by atoms with E-state index < -0.39 is 0 Å². The molecule has 0 aliphatic carbocycles. The fourth-order valence-corrected chi connectivity index (χ4v) is 2.20. The maximum atomic E-state index is 2.20. The van der Waals surface area contributed by atoms with Crippen LogP contribution in [0.5, 0.6) is 0 Å². The summed E-state index contributed by atoms with van der Waals surface area (Å²) in [6, 6.07) is 15.0. The van der Waals surface area contributed by atoms with Crippen molar-refractivity contribution in [1.82, 2.24) is 0 Å². The Morgan fingerprint density at radius 2 is 1.16 bits per heavy atom. The minimum atomic E-state index is 1.15. The molecule has 0 heteroatoms. The lowest BCUT2D eigenvalue weighted by Crippen LogP contribution is -1.88. The third-order valence-corrected chi connectivity index (χ3v) is 3.74. The topological polar surface area (TPSA) is 0 Å². The summed E-state index contributed by atoms with van der Waals surface area (Å²) in [6.45, 7) is 10.9. The summed E-state index contributed by atoms with van der Waals surface area (Å²) < 4.78 is 0. The molecule has 2 aromatic rings. The van der Waals surface area contributed by atoms with E-state index in [0.29, 0.717) is 0 Å². The van der Waals surface area contributed by atoms with E-state index in [9.17, 15) is 0 Å². The van der Waals surface area contributed by atoms with Crippen LogP contribution >= 0.6 is 0 Å². The highest BCUT2D eigenvalue weighted by Gasteiger charge is 1.95. The van der Waals surface area contributed by atoms with Gasteiger partial charge in [0.1, 0.15) is 0 Å². The lowest BCUT2D eigenvalue weighted by molar-refractivity contribution is 1.09. The van der Waals surface area contributed by atoms with Gasteiger partial charge < -0.3 is 0 Å². The molecule has 0 spiro atoms. The standard InChI is InChI=1S/C10H14.C9H12/c1-4-10-7-5-6-8(2)9(10)3;1-3-9-7-5-4-6-8(9)2/h5-7H,4H2,1-3H3;4-7H,3H2,1-2H3. The first kappa shape index (κ1) is 15.5. The summed E-state index contributed by atoms with van der Waals surface area (Å²) in [5, 5.41) is 0. The first-order valence-corrected chi connectivity index (χ1v) is 7.19. The maximum absolute atomic E-state index is 2.20. The molecule has 0 aliphatic rings. The van der Waals surface area contributed by atoms with E-state index in [1.165, 1.54) is 27.8 Å². The largest absolute Gasteiger partial charge is 0.0620 e. The first-order valence-electron chi connectivity index (χ1n) is 7.19. The van der Waals surface area contributed by atoms with Crippen LogP contribution in [0.25, 0.3) is 0 Å². The fourth-order valence-electron chi connectivity index (χ4n) is 2.20. The summed E-state index contributed by atoms with van der Waals surface area (Å²) >= 11 is 0. The molecule has 2 rings (SSSR count). The average molecular weight is 254 g/mol. The number of hydrogen-bond donors (Lipinski definition) is 0. The normalized spacial score (nSPS) is 9.74. The quantitative estimate of drug-likeness (QED) is 0.671. The number of hydrogen-bond acceptors (Lipinski definition) is 0. The Hall–Kier alpha value is -1.56. The Morgan fingerprint density at radius 1 is 0.632 bits per heavy atom. The Labute approximate surface area is 118 Å². The molecule has 19 heavy (non-hydrogen) atoms. The van der Waals surface area contributed by atoms with Crippen LogP contribution in [-0.4, -0.2) is 0 Å². The summed E-state index contributed by atoms with van der Waals surface area (Å²) in [5.41, 5.74) is 7.18. The predicted molar refractivity (Wildman–Crippen MR) is 85.9 cm³/mol. The van der Waals surface area contributed by atoms with Crippen molar-refractivity contribution in [2.45, 2.75) is 47.5 Å². The average Bonchev–Trinajstić information content (AvgIpc) is 2.43. The zero-order valence-corrected chi connectivity index (χ0v) is 13.0. The molecule has 0 saturated carbocycles. The highest BCUT2D eigenvalue weighted by Crippen LogP contribution is 2.12. The van der Waals surface area contributed by atoms with Crippen molar-refractivity contribution in [3.63, 3.8) is 0 Å². The van der Waals surface area contributed by atoms with Crippen LogP contribution in [0.1, 0.15) is 41.7 Å². The molecular weight excluding hydrogens is 228 g/mol. The number of benzene rings is 2. The van der Waals surface area contributed by atoms with Gasteiger partial charge >= 0.3 is 0 Å². The van der Waals surface area contributed by atoms with Gasteiger partial charge in [-0.2, -0.15) is 0 Å². The first-order chi connectivity index (χ1) is 9.10. The van der Waals surface area contributed by atoms with Gasteiger partial charge in [-0.1, -0.05) is 56.3 Å². The maximum Gasteiger partial charge on any atom is -0.0305 e. The van der Waals surface area contributed by atoms with Gasteiger partial charge in [0.25, 0.3) is 0 Å². The van der Waals surface area contributed by atoms with Crippen molar-refractivity contribution in [1.29, 1.82) is 0 Å². The van der Waals surface area contributed by atoms with Crippen LogP contribution in [0.3, 0.4) is 0 Å². The Bertz CT molecular complexity index is 509. The molecule has 0 amide bonds.